The fourth-order valence-corrected chi connectivity index (χ4v) is 4.42. The van der Waals surface area contributed by atoms with Crippen molar-refractivity contribution in [2.24, 2.45) is 0 Å². The van der Waals surface area contributed by atoms with Crippen LogP contribution in [0.5, 0.6) is 5.75 Å². The molecule has 0 saturated carbocycles. The molecule has 2 aromatic rings. The predicted octanol–water partition coefficient (Wildman–Crippen LogP) is 3.14. The Balaban J connectivity index is 1.55. The lowest BCUT2D eigenvalue weighted by Gasteiger charge is -2.24. The van der Waals surface area contributed by atoms with E-state index in [1.807, 2.05) is 60.3 Å². The normalized spacial score (nSPS) is 21.9. The number of carbonyl (C=O) groups excluding carboxylic acids is 1. The molecule has 0 aromatic heterocycles. The monoisotopic (exact) mass is 368 g/mol. The van der Waals surface area contributed by atoms with Crippen molar-refractivity contribution in [3.63, 3.8) is 0 Å². The SMILES string of the molecule is CN(C)[C@]1(CNC(=O)/C=C/c2ccccc2)SC1Cc1ccc(O)cc1. The summed E-state index contributed by atoms with van der Waals surface area (Å²) in [6.07, 6.45) is 4.32. The molecule has 1 aliphatic rings. The first-order chi connectivity index (χ1) is 12.5. The molecule has 0 radical (unpaired) electrons. The smallest absolute Gasteiger partial charge is 0.244 e. The molecule has 3 rings (SSSR count). The fourth-order valence-electron chi connectivity index (χ4n) is 2.98. The van der Waals surface area contributed by atoms with E-state index in [1.54, 1.807) is 18.2 Å². The van der Waals surface area contributed by atoms with E-state index >= 15 is 0 Å². The van der Waals surface area contributed by atoms with Gasteiger partial charge in [-0.25, -0.2) is 0 Å². The molecule has 1 saturated heterocycles. The molecule has 1 heterocycles. The maximum Gasteiger partial charge on any atom is 0.244 e. The highest BCUT2D eigenvalue weighted by Gasteiger charge is 2.57. The number of hydrogen-bond acceptors (Lipinski definition) is 4. The number of nitrogens with one attached hydrogen (secondary N) is 1. The average Bonchev–Trinajstić information content (AvgIpc) is 3.35. The molecule has 1 aliphatic heterocycles. The van der Waals surface area contributed by atoms with Gasteiger partial charge in [-0.15, -0.1) is 11.8 Å². The number of aromatic hydroxyl groups is 1. The van der Waals surface area contributed by atoms with E-state index in [0.29, 0.717) is 11.8 Å². The predicted molar refractivity (Wildman–Crippen MR) is 108 cm³/mol. The summed E-state index contributed by atoms with van der Waals surface area (Å²) in [5, 5.41) is 12.9. The van der Waals surface area contributed by atoms with Crippen molar-refractivity contribution in [3.8, 4) is 5.75 Å². The van der Waals surface area contributed by atoms with Crippen LogP contribution in [0.4, 0.5) is 0 Å². The number of rotatable bonds is 7. The van der Waals surface area contributed by atoms with Gasteiger partial charge in [0.1, 0.15) is 5.75 Å². The lowest BCUT2D eigenvalue weighted by atomic mass is 10.0. The van der Waals surface area contributed by atoms with E-state index < -0.39 is 0 Å². The number of hydrogen-bond donors (Lipinski definition) is 2. The Bertz CT molecular complexity index is 774. The number of likely N-dealkylation sites (N-methyl/N-ethyl adjacent to an activating group) is 1. The maximum absolute atomic E-state index is 12.2. The third kappa shape index (κ3) is 4.48. The van der Waals surface area contributed by atoms with Gasteiger partial charge in [0.05, 0.1) is 4.87 Å². The van der Waals surface area contributed by atoms with Gasteiger partial charge in [0.25, 0.3) is 0 Å². The second-order valence-corrected chi connectivity index (χ2v) is 8.19. The van der Waals surface area contributed by atoms with Gasteiger partial charge >= 0.3 is 0 Å². The summed E-state index contributed by atoms with van der Waals surface area (Å²) in [6.45, 7) is 0.603. The van der Waals surface area contributed by atoms with Crippen LogP contribution in [0.3, 0.4) is 0 Å². The first kappa shape index (κ1) is 18.5. The van der Waals surface area contributed by atoms with Crippen molar-refractivity contribution < 1.29 is 9.90 Å². The van der Waals surface area contributed by atoms with Crippen LogP contribution in [0.15, 0.2) is 60.7 Å². The Labute approximate surface area is 158 Å². The highest BCUT2D eigenvalue weighted by Crippen LogP contribution is 2.55. The molecule has 2 atom stereocenters. The standard InChI is InChI=1S/C21H24N2O2S/c1-23(2)21(19(26-21)14-17-8-11-18(24)12-9-17)15-22-20(25)13-10-16-6-4-3-5-7-16/h3-13,19,24H,14-15H2,1-2H3,(H,22,25)/b13-10+/t19?,21-/m1/s1. The van der Waals surface area contributed by atoms with Gasteiger partial charge in [-0.05, 0) is 49.9 Å². The summed E-state index contributed by atoms with van der Waals surface area (Å²) in [7, 11) is 4.10. The Kier molecular flexibility index (Phi) is 5.69. The van der Waals surface area contributed by atoms with Crippen molar-refractivity contribution in [1.82, 2.24) is 10.2 Å². The van der Waals surface area contributed by atoms with Gasteiger partial charge in [0, 0.05) is 17.9 Å². The van der Waals surface area contributed by atoms with Crippen molar-refractivity contribution in [1.29, 1.82) is 0 Å². The van der Waals surface area contributed by atoms with Crippen molar-refractivity contribution in [2.45, 2.75) is 16.5 Å². The zero-order valence-electron chi connectivity index (χ0n) is 15.1. The number of carbonyl (C=O) groups is 1. The molecule has 2 N–H and O–H groups in total. The molecule has 0 spiro atoms. The third-order valence-corrected chi connectivity index (χ3v) is 6.44. The van der Waals surface area contributed by atoms with Crippen molar-refractivity contribution in [3.05, 3.63) is 71.8 Å². The topological polar surface area (TPSA) is 52.6 Å². The molecule has 136 valence electrons. The van der Waals surface area contributed by atoms with E-state index in [0.717, 1.165) is 12.0 Å². The number of benzene rings is 2. The largest absolute Gasteiger partial charge is 0.508 e. The average molecular weight is 369 g/mol. The molecule has 0 aliphatic carbocycles. The van der Waals surface area contributed by atoms with Gasteiger partial charge in [-0.2, -0.15) is 0 Å². The zero-order valence-corrected chi connectivity index (χ0v) is 15.9. The van der Waals surface area contributed by atoms with Crippen LogP contribution in [0.25, 0.3) is 6.08 Å². The fraction of sp³-hybridized carbons (Fsp3) is 0.286. The lowest BCUT2D eigenvalue weighted by molar-refractivity contribution is -0.116. The third-order valence-electron chi connectivity index (χ3n) is 4.65. The minimum absolute atomic E-state index is 0.0753. The summed E-state index contributed by atoms with van der Waals surface area (Å²) >= 11 is 1.87. The molecule has 4 nitrogen and oxygen atoms in total. The second kappa shape index (κ2) is 7.98. The quantitative estimate of drug-likeness (QED) is 0.582. The molecule has 26 heavy (non-hydrogen) atoms. The Hall–Kier alpha value is -2.24. The second-order valence-electron chi connectivity index (χ2n) is 6.68. The first-order valence-corrected chi connectivity index (χ1v) is 9.52. The van der Waals surface area contributed by atoms with E-state index in [2.05, 4.69) is 24.3 Å². The molecule has 1 unspecified atom stereocenters. The van der Waals surface area contributed by atoms with Crippen LogP contribution in [0.1, 0.15) is 11.1 Å². The molecule has 1 fully saturated rings. The number of phenolic OH excluding ortho intramolecular Hbond substituents is 1. The lowest BCUT2D eigenvalue weighted by Crippen LogP contribution is -2.44. The van der Waals surface area contributed by atoms with Crippen molar-refractivity contribution >= 4 is 23.7 Å². The summed E-state index contributed by atoms with van der Waals surface area (Å²) in [6, 6.07) is 17.1. The Morgan fingerprint density at radius 1 is 1.19 bits per heavy atom. The number of phenols is 1. The summed E-state index contributed by atoms with van der Waals surface area (Å²) < 4.78 is 0. The number of nitrogens with zero attached hydrogens (tertiary/aromatic N) is 1. The highest BCUT2D eigenvalue weighted by molar-refractivity contribution is 8.08. The van der Waals surface area contributed by atoms with Crippen LogP contribution >= 0.6 is 11.8 Å². The number of thioether (sulfide) groups is 1. The molecular formula is C21H24N2O2S. The molecule has 5 heteroatoms. The maximum atomic E-state index is 12.2. The van der Waals surface area contributed by atoms with Gasteiger partial charge in [0.2, 0.25) is 5.91 Å². The molecule has 1 amide bonds. The Morgan fingerprint density at radius 2 is 1.88 bits per heavy atom. The van der Waals surface area contributed by atoms with Crippen LogP contribution < -0.4 is 5.32 Å². The van der Waals surface area contributed by atoms with E-state index in [1.165, 1.54) is 5.56 Å². The highest BCUT2D eigenvalue weighted by atomic mass is 32.2. The van der Waals surface area contributed by atoms with Crippen LogP contribution in [0.2, 0.25) is 0 Å². The van der Waals surface area contributed by atoms with E-state index in [-0.39, 0.29) is 16.5 Å². The van der Waals surface area contributed by atoms with Crippen molar-refractivity contribution in [2.75, 3.05) is 20.6 Å². The molecular weight excluding hydrogens is 344 g/mol. The summed E-state index contributed by atoms with van der Waals surface area (Å²) in [4.78, 5) is 14.3. The zero-order chi connectivity index (χ0) is 18.6. The molecule has 0 bridgehead atoms. The van der Waals surface area contributed by atoms with Crippen LogP contribution in [-0.2, 0) is 11.2 Å². The van der Waals surface area contributed by atoms with Crippen LogP contribution in [0, 0.1) is 0 Å². The van der Waals surface area contributed by atoms with E-state index in [9.17, 15) is 9.90 Å². The van der Waals surface area contributed by atoms with E-state index in [4.69, 9.17) is 0 Å². The van der Waals surface area contributed by atoms with Crippen LogP contribution in [-0.4, -0.2) is 46.7 Å². The van der Waals surface area contributed by atoms with Gasteiger partial charge in [-0.3, -0.25) is 9.69 Å². The number of amides is 1. The van der Waals surface area contributed by atoms with Gasteiger partial charge in [0.15, 0.2) is 0 Å². The van der Waals surface area contributed by atoms with Gasteiger partial charge in [-0.1, -0.05) is 42.5 Å². The summed E-state index contributed by atoms with van der Waals surface area (Å²) in [5.74, 6) is 0.208. The minimum atomic E-state index is -0.0778. The molecule has 2 aromatic carbocycles. The minimum Gasteiger partial charge on any atom is -0.508 e. The first-order valence-electron chi connectivity index (χ1n) is 8.64. The van der Waals surface area contributed by atoms with Gasteiger partial charge < -0.3 is 10.4 Å². The Morgan fingerprint density at radius 3 is 2.54 bits per heavy atom. The summed E-state index contributed by atoms with van der Waals surface area (Å²) in [5.41, 5.74) is 2.20.